The molecule has 1 amide bonds. The number of rotatable bonds is 4. The van der Waals surface area contributed by atoms with Crippen LogP contribution < -0.4 is 22.9 Å². The quantitative estimate of drug-likeness (QED) is 0.283. The third-order valence-corrected chi connectivity index (χ3v) is 8.97. The van der Waals surface area contributed by atoms with Gasteiger partial charge in [0, 0.05) is 17.6 Å². The van der Waals surface area contributed by atoms with Crippen molar-refractivity contribution in [3.05, 3.63) is 53.1 Å². The summed E-state index contributed by atoms with van der Waals surface area (Å²) in [7, 11) is 2.91. The number of carbonyl (C=O) groups excluding carboxylic acids is 5. The lowest BCUT2D eigenvalue weighted by Crippen LogP contribution is -2.85. The van der Waals surface area contributed by atoms with Gasteiger partial charge in [0.25, 0.3) is 0 Å². The number of phenolic OH excluding ortho intramolecular Hbond substituents is 1. The summed E-state index contributed by atoms with van der Waals surface area (Å²) in [6.07, 6.45) is -0.635. The zero-order valence-electron chi connectivity index (χ0n) is 22.5. The van der Waals surface area contributed by atoms with Crippen LogP contribution in [0.2, 0.25) is 0 Å². The highest BCUT2D eigenvalue weighted by molar-refractivity contribution is 6.33. The van der Waals surface area contributed by atoms with Crippen molar-refractivity contribution in [1.29, 1.82) is 5.26 Å². The number of phenols is 1. The van der Waals surface area contributed by atoms with Gasteiger partial charge >= 0.3 is 0 Å². The van der Waals surface area contributed by atoms with E-state index in [1.807, 2.05) is 6.07 Å². The average molecular weight is 559 g/mol. The van der Waals surface area contributed by atoms with Crippen LogP contribution in [-0.4, -0.2) is 70.3 Å². The van der Waals surface area contributed by atoms with Crippen molar-refractivity contribution >= 4 is 29.0 Å². The summed E-state index contributed by atoms with van der Waals surface area (Å²) in [5.74, 6) is -10.1. The van der Waals surface area contributed by atoms with E-state index < -0.39 is 75.6 Å². The normalized spacial score (nSPS) is 32.7. The third-order valence-electron chi connectivity index (χ3n) is 8.97. The fourth-order valence-corrected chi connectivity index (χ4v) is 7.36. The van der Waals surface area contributed by atoms with E-state index in [9.17, 15) is 34.3 Å². The van der Waals surface area contributed by atoms with Gasteiger partial charge in [-0.15, -0.1) is 0 Å². The second kappa shape index (κ2) is 9.12. The number of benzene rings is 2. The minimum atomic E-state index is -2.79. The lowest BCUT2D eigenvalue weighted by Gasteiger charge is -2.60. The Hall–Kier alpha value is -4.28. The summed E-state index contributed by atoms with van der Waals surface area (Å²) >= 11 is 0. The van der Waals surface area contributed by atoms with Crippen molar-refractivity contribution in [3.63, 3.8) is 0 Å². The molecule has 2 unspecified atom stereocenters. The van der Waals surface area contributed by atoms with Crippen molar-refractivity contribution in [2.24, 2.45) is 40.2 Å². The zero-order chi connectivity index (χ0) is 30.2. The first-order chi connectivity index (χ1) is 19.2. The van der Waals surface area contributed by atoms with Crippen LogP contribution in [0.4, 0.5) is 0 Å². The van der Waals surface area contributed by atoms with Gasteiger partial charge in [0.2, 0.25) is 5.91 Å². The number of aromatic hydroxyl groups is 1. The summed E-state index contributed by atoms with van der Waals surface area (Å²) in [6.45, 7) is -0.127. The molecular weight excluding hydrogens is 528 g/mol. The second-order valence-electron chi connectivity index (χ2n) is 11.5. The van der Waals surface area contributed by atoms with Gasteiger partial charge in [-0.3, -0.25) is 28.9 Å². The Labute approximate surface area is 235 Å². The summed E-state index contributed by atoms with van der Waals surface area (Å²) in [6, 6.07) is 10.9. The standard InChI is InChI=1S/C29H30N6O6/c1-35(2)23-22(38)18(26(32)41)24(39)28(12-31)25(40)19-21(37)17-16(9-27(19,33)11-29(23,28)34)15(8-14(10-30)20(17)36)13-6-4-3-5-7-13/h3-8,18-19,23,36H,9-11,30,33-34H2,1-2H3,(H2,32,41)/t18?,19?,23-,27-,28+,29-/m1/s1. The van der Waals surface area contributed by atoms with Crippen LogP contribution in [0.25, 0.3) is 11.1 Å². The molecule has 9 N–H and O–H groups in total. The Kier molecular flexibility index (Phi) is 6.28. The van der Waals surface area contributed by atoms with Crippen molar-refractivity contribution in [2.45, 2.75) is 36.5 Å². The molecule has 5 rings (SSSR count). The highest BCUT2D eigenvalue weighted by Crippen LogP contribution is 2.57. The lowest BCUT2D eigenvalue weighted by molar-refractivity contribution is -0.166. The summed E-state index contributed by atoms with van der Waals surface area (Å²) < 4.78 is 0. The van der Waals surface area contributed by atoms with E-state index in [1.54, 1.807) is 36.4 Å². The van der Waals surface area contributed by atoms with E-state index in [4.69, 9.17) is 22.9 Å². The van der Waals surface area contributed by atoms with Gasteiger partial charge in [-0.1, -0.05) is 30.3 Å². The number of hydrogen-bond acceptors (Lipinski definition) is 11. The molecule has 12 heteroatoms. The highest BCUT2D eigenvalue weighted by atomic mass is 16.3. The number of ketones is 4. The molecule has 2 fully saturated rings. The van der Waals surface area contributed by atoms with Crippen molar-refractivity contribution < 1.29 is 29.1 Å². The van der Waals surface area contributed by atoms with Gasteiger partial charge in [0.15, 0.2) is 34.5 Å². The molecular formula is C29H30N6O6. The predicted octanol–water partition coefficient (Wildman–Crippen LogP) is -1.07. The molecule has 0 aromatic heterocycles. The third kappa shape index (κ3) is 3.44. The SMILES string of the molecule is CN(C)[C@@H]1C(=O)C(C(N)=O)C(=O)[C@@]2(C#N)C(=O)C3C(=O)c4c(O)c(CN)cc(-c5ccccc5)c4C[C@@]3(N)C[C@@]12N. The molecule has 12 nitrogen and oxygen atoms in total. The smallest absolute Gasteiger partial charge is 0.235 e. The van der Waals surface area contributed by atoms with Gasteiger partial charge in [0.05, 0.1) is 23.2 Å². The molecule has 2 aromatic rings. The molecule has 3 aliphatic carbocycles. The van der Waals surface area contributed by atoms with Crippen LogP contribution in [0.5, 0.6) is 5.75 Å². The fourth-order valence-electron chi connectivity index (χ4n) is 7.36. The first-order valence-electron chi connectivity index (χ1n) is 13.0. The lowest BCUT2D eigenvalue weighted by atomic mass is 9.42. The minimum absolute atomic E-state index is 0.127. The summed E-state index contributed by atoms with van der Waals surface area (Å²) in [5, 5.41) is 21.6. The van der Waals surface area contributed by atoms with E-state index in [0.717, 1.165) is 0 Å². The first kappa shape index (κ1) is 28.3. The number of amides is 1. The molecule has 3 aliphatic rings. The number of nitriles is 1. The molecule has 0 heterocycles. The minimum Gasteiger partial charge on any atom is -0.507 e. The Morgan fingerprint density at radius 2 is 1.76 bits per heavy atom. The number of carbonyl (C=O) groups is 5. The van der Waals surface area contributed by atoms with Gasteiger partial charge < -0.3 is 28.0 Å². The Morgan fingerprint density at radius 3 is 2.29 bits per heavy atom. The monoisotopic (exact) mass is 558 g/mol. The van der Waals surface area contributed by atoms with Crippen molar-refractivity contribution in [1.82, 2.24) is 4.90 Å². The number of hydrogen-bond donors (Lipinski definition) is 5. The number of Topliss-reactive ketones (excluding diaryl/α,β-unsaturated/α-hetero) is 4. The van der Waals surface area contributed by atoms with Crippen molar-refractivity contribution in [2.75, 3.05) is 14.1 Å². The predicted molar refractivity (Wildman–Crippen MR) is 145 cm³/mol. The Bertz CT molecular complexity index is 1600. The highest BCUT2D eigenvalue weighted by Gasteiger charge is 2.78. The van der Waals surface area contributed by atoms with Gasteiger partial charge in [-0.05, 0) is 49.7 Å². The molecule has 212 valence electrons. The van der Waals surface area contributed by atoms with Crippen LogP contribution in [0.3, 0.4) is 0 Å². The van der Waals surface area contributed by atoms with E-state index in [2.05, 4.69) is 0 Å². The number of nitrogens with two attached hydrogens (primary N) is 4. The molecule has 2 aromatic carbocycles. The molecule has 2 saturated carbocycles. The van der Waals surface area contributed by atoms with E-state index in [1.165, 1.54) is 19.0 Å². The topological polar surface area (TPSA) is 237 Å². The number of nitrogens with zero attached hydrogens (tertiary/aromatic N) is 2. The number of fused-ring (bicyclic) bond motifs is 3. The van der Waals surface area contributed by atoms with Gasteiger partial charge in [0.1, 0.15) is 11.7 Å². The maximum absolute atomic E-state index is 14.4. The van der Waals surface area contributed by atoms with Crippen LogP contribution in [0.15, 0.2) is 36.4 Å². The van der Waals surface area contributed by atoms with Crippen LogP contribution >= 0.6 is 0 Å². The second-order valence-corrected chi connectivity index (χ2v) is 11.5. The Balaban J connectivity index is 1.81. The Morgan fingerprint density at radius 1 is 1.12 bits per heavy atom. The molecule has 41 heavy (non-hydrogen) atoms. The maximum Gasteiger partial charge on any atom is 0.235 e. The van der Waals surface area contributed by atoms with Crippen molar-refractivity contribution in [3.8, 4) is 22.9 Å². The first-order valence-corrected chi connectivity index (χ1v) is 13.0. The fraction of sp³-hybridized carbons (Fsp3) is 0.379. The zero-order valence-corrected chi connectivity index (χ0v) is 22.5. The molecule has 0 spiro atoms. The van der Waals surface area contributed by atoms with Crippen LogP contribution in [0, 0.1) is 28.6 Å². The largest absolute Gasteiger partial charge is 0.507 e. The van der Waals surface area contributed by atoms with Gasteiger partial charge in [-0.25, -0.2) is 0 Å². The number of primary amides is 1. The molecule has 0 saturated heterocycles. The summed E-state index contributed by atoms with van der Waals surface area (Å²) in [5.41, 5.74) is 19.9. The maximum atomic E-state index is 14.4. The van der Waals surface area contributed by atoms with E-state index in [-0.39, 0.29) is 24.1 Å². The van der Waals surface area contributed by atoms with Crippen LogP contribution in [0.1, 0.15) is 27.9 Å². The molecule has 6 atom stereocenters. The van der Waals surface area contributed by atoms with Crippen LogP contribution in [-0.2, 0) is 32.1 Å². The summed E-state index contributed by atoms with van der Waals surface area (Å²) in [4.78, 5) is 69.6. The van der Waals surface area contributed by atoms with Gasteiger partial charge in [-0.2, -0.15) is 5.26 Å². The average Bonchev–Trinajstić information content (AvgIpc) is 2.88. The van der Waals surface area contributed by atoms with E-state index >= 15 is 0 Å². The number of likely N-dealkylation sites (N-methyl/N-ethyl adjacent to an activating group) is 1. The molecule has 0 bridgehead atoms. The molecule has 0 aliphatic heterocycles. The van der Waals surface area contributed by atoms with E-state index in [0.29, 0.717) is 16.7 Å². The molecule has 0 radical (unpaired) electrons.